The molecule has 1 saturated heterocycles. The third-order valence-corrected chi connectivity index (χ3v) is 8.30. The van der Waals surface area contributed by atoms with Gasteiger partial charge >= 0.3 is 0 Å². The van der Waals surface area contributed by atoms with Gasteiger partial charge in [0.1, 0.15) is 18.3 Å². The summed E-state index contributed by atoms with van der Waals surface area (Å²) in [5, 5.41) is 11.8. The second-order valence-electron chi connectivity index (χ2n) is 11.9. The van der Waals surface area contributed by atoms with Crippen molar-refractivity contribution in [3.05, 3.63) is 144 Å². The average Bonchev–Trinajstić information content (AvgIpc) is 3.12. The number of rotatable bonds is 17. The topological polar surface area (TPSA) is 80.7 Å². The van der Waals surface area contributed by atoms with Crippen LogP contribution in [0.4, 0.5) is 0 Å². The van der Waals surface area contributed by atoms with E-state index in [2.05, 4.69) is 11.9 Å². The molecule has 4 aromatic carbocycles. The van der Waals surface area contributed by atoms with Crippen LogP contribution in [-0.2, 0) is 50.2 Å². The third kappa shape index (κ3) is 10.8. The Labute approximate surface area is 278 Å². The minimum Gasteiger partial charge on any atom is -0.388 e. The lowest BCUT2D eigenvalue weighted by Crippen LogP contribution is -2.58. The normalized spacial score (nSPS) is 16.3. The number of piperazine rings is 1. The number of nitrogens with zero attached hydrogens (tertiary/aromatic N) is 2. The Kier molecular flexibility index (Phi) is 13.5. The summed E-state index contributed by atoms with van der Waals surface area (Å²) < 4.78 is 25.7. The van der Waals surface area contributed by atoms with Crippen molar-refractivity contribution in [2.75, 3.05) is 39.8 Å². The number of ether oxygens (including phenoxy) is 4. The first-order chi connectivity index (χ1) is 23.1. The number of hydrogen-bond acceptors (Lipinski definition) is 7. The maximum Gasteiger partial charge on any atom is 0.254 e. The Bertz CT molecular complexity index is 1440. The summed E-state index contributed by atoms with van der Waals surface area (Å²) in [5.74, 6) is -0.183. The molecule has 0 aliphatic carbocycles. The van der Waals surface area contributed by atoms with E-state index in [1.54, 1.807) is 0 Å². The fraction of sp³-hybridized carbons (Fsp3) is 0.359. The highest BCUT2D eigenvalue weighted by Crippen LogP contribution is 2.24. The maximum absolute atomic E-state index is 14.4. The molecule has 1 amide bonds. The highest BCUT2D eigenvalue weighted by molar-refractivity contribution is 5.82. The van der Waals surface area contributed by atoms with E-state index in [-0.39, 0.29) is 32.3 Å². The van der Waals surface area contributed by atoms with Crippen molar-refractivity contribution in [1.29, 1.82) is 0 Å². The molecule has 8 nitrogen and oxygen atoms in total. The van der Waals surface area contributed by atoms with E-state index in [9.17, 15) is 9.90 Å². The molecule has 0 aromatic heterocycles. The fourth-order valence-electron chi connectivity index (χ4n) is 5.55. The van der Waals surface area contributed by atoms with Crippen LogP contribution >= 0.6 is 0 Å². The molecule has 5 rings (SSSR count). The molecule has 0 spiro atoms. The number of aliphatic hydroxyl groups excluding tert-OH is 1. The van der Waals surface area contributed by atoms with Crippen LogP contribution in [0, 0.1) is 0 Å². The van der Waals surface area contributed by atoms with Gasteiger partial charge in [0.25, 0.3) is 5.91 Å². The molecule has 4 atom stereocenters. The lowest BCUT2D eigenvalue weighted by Gasteiger charge is -2.39. The summed E-state index contributed by atoms with van der Waals surface area (Å²) in [5.41, 5.74) is 3.79. The van der Waals surface area contributed by atoms with Gasteiger partial charge in [-0.2, -0.15) is 0 Å². The molecular weight excluding hydrogens is 592 g/mol. The van der Waals surface area contributed by atoms with E-state index in [4.69, 9.17) is 18.9 Å². The number of aliphatic hydroxyl groups is 1. The fourth-order valence-corrected chi connectivity index (χ4v) is 5.55. The van der Waals surface area contributed by atoms with Gasteiger partial charge in [-0.1, -0.05) is 121 Å². The lowest BCUT2D eigenvalue weighted by atomic mass is 10.00. The highest BCUT2D eigenvalue weighted by Gasteiger charge is 2.43. The van der Waals surface area contributed by atoms with Gasteiger partial charge in [0.2, 0.25) is 0 Å². The number of carbonyl (C=O) groups is 1. The quantitative estimate of drug-likeness (QED) is 0.173. The summed E-state index contributed by atoms with van der Waals surface area (Å²) in [6.07, 6.45) is -4.07. The predicted octanol–water partition coefficient (Wildman–Crippen LogP) is 5.09. The zero-order valence-electron chi connectivity index (χ0n) is 27.1. The van der Waals surface area contributed by atoms with Gasteiger partial charge in [-0.05, 0) is 29.3 Å². The molecule has 0 saturated carbocycles. The minimum atomic E-state index is -1.12. The Morgan fingerprint density at radius 2 is 1.00 bits per heavy atom. The summed E-state index contributed by atoms with van der Waals surface area (Å²) in [4.78, 5) is 18.4. The van der Waals surface area contributed by atoms with Crippen molar-refractivity contribution in [3.63, 3.8) is 0 Å². The third-order valence-electron chi connectivity index (χ3n) is 8.30. The first kappa shape index (κ1) is 34.4. The zero-order chi connectivity index (χ0) is 32.7. The number of likely N-dealkylation sites (N-methyl/N-ethyl adjacent to an activating group) is 1. The minimum absolute atomic E-state index is 0.0202. The molecule has 0 radical (unpaired) electrons. The predicted molar refractivity (Wildman–Crippen MR) is 181 cm³/mol. The van der Waals surface area contributed by atoms with Crippen molar-refractivity contribution in [3.8, 4) is 0 Å². The largest absolute Gasteiger partial charge is 0.388 e. The summed E-state index contributed by atoms with van der Waals surface area (Å²) in [6.45, 7) is 3.58. The van der Waals surface area contributed by atoms with E-state index in [1.165, 1.54) is 0 Å². The van der Waals surface area contributed by atoms with Gasteiger partial charge in [-0.15, -0.1) is 0 Å². The first-order valence-corrected chi connectivity index (χ1v) is 16.3. The molecule has 248 valence electrons. The standard InChI is InChI=1S/C39H46N2O6/c1-40-22-24-41(25-23-40)39(43)38(47-29-34-20-12-5-13-21-34)37(46-28-33-18-10-4-11-19-33)36(45-27-32-16-8-3-9-17-32)35(42)30-44-26-31-14-6-2-7-15-31/h2-21,35-38,42H,22-30H2,1H3/t35-,36-,37+,38-/m1/s1. The Morgan fingerprint density at radius 3 is 1.47 bits per heavy atom. The van der Waals surface area contributed by atoms with Crippen LogP contribution in [0.15, 0.2) is 121 Å². The Balaban J connectivity index is 1.45. The van der Waals surface area contributed by atoms with E-state index in [0.29, 0.717) is 19.7 Å². The van der Waals surface area contributed by atoms with Crippen molar-refractivity contribution in [2.24, 2.45) is 0 Å². The Hall–Kier alpha value is -3.89. The zero-order valence-corrected chi connectivity index (χ0v) is 27.1. The van der Waals surface area contributed by atoms with Crippen molar-refractivity contribution < 1.29 is 28.8 Å². The van der Waals surface area contributed by atoms with Gasteiger partial charge in [0, 0.05) is 26.2 Å². The molecule has 8 heteroatoms. The summed E-state index contributed by atoms with van der Waals surface area (Å²) in [7, 11) is 2.05. The monoisotopic (exact) mass is 638 g/mol. The van der Waals surface area contributed by atoms with Crippen LogP contribution in [0.1, 0.15) is 22.3 Å². The van der Waals surface area contributed by atoms with Crippen LogP contribution in [0.25, 0.3) is 0 Å². The summed E-state index contributed by atoms with van der Waals surface area (Å²) >= 11 is 0. The number of amides is 1. The van der Waals surface area contributed by atoms with Crippen LogP contribution in [0.5, 0.6) is 0 Å². The molecule has 0 bridgehead atoms. The van der Waals surface area contributed by atoms with Gasteiger partial charge in [-0.3, -0.25) is 4.79 Å². The molecule has 47 heavy (non-hydrogen) atoms. The molecule has 1 fully saturated rings. The first-order valence-electron chi connectivity index (χ1n) is 16.3. The summed E-state index contributed by atoms with van der Waals surface area (Å²) in [6, 6.07) is 39.1. The highest BCUT2D eigenvalue weighted by atomic mass is 16.6. The van der Waals surface area contributed by atoms with Gasteiger partial charge < -0.3 is 33.9 Å². The number of carbonyl (C=O) groups excluding carboxylic acids is 1. The molecule has 1 aliphatic rings. The molecule has 1 N–H and O–H groups in total. The van der Waals surface area contributed by atoms with Crippen molar-refractivity contribution >= 4 is 5.91 Å². The van der Waals surface area contributed by atoms with Crippen LogP contribution < -0.4 is 0 Å². The average molecular weight is 639 g/mol. The molecule has 1 heterocycles. The molecule has 1 aliphatic heterocycles. The van der Waals surface area contributed by atoms with Crippen molar-refractivity contribution in [1.82, 2.24) is 9.80 Å². The molecular formula is C39H46N2O6. The number of hydrogen-bond donors (Lipinski definition) is 1. The van der Waals surface area contributed by atoms with Gasteiger partial charge in [0.05, 0.1) is 33.0 Å². The maximum atomic E-state index is 14.4. The van der Waals surface area contributed by atoms with E-state index < -0.39 is 24.4 Å². The lowest BCUT2D eigenvalue weighted by molar-refractivity contribution is -0.196. The van der Waals surface area contributed by atoms with Crippen LogP contribution in [0.3, 0.4) is 0 Å². The van der Waals surface area contributed by atoms with Gasteiger partial charge in [-0.25, -0.2) is 0 Å². The Morgan fingerprint density at radius 1 is 0.596 bits per heavy atom. The van der Waals surface area contributed by atoms with Crippen molar-refractivity contribution in [2.45, 2.75) is 50.8 Å². The van der Waals surface area contributed by atoms with Crippen LogP contribution in [-0.4, -0.2) is 85.1 Å². The van der Waals surface area contributed by atoms with Gasteiger partial charge in [0.15, 0.2) is 6.10 Å². The molecule has 4 aromatic rings. The molecule has 0 unspecified atom stereocenters. The van der Waals surface area contributed by atoms with E-state index in [1.807, 2.05) is 126 Å². The van der Waals surface area contributed by atoms with E-state index in [0.717, 1.165) is 35.3 Å². The number of benzene rings is 4. The van der Waals surface area contributed by atoms with E-state index >= 15 is 0 Å². The van der Waals surface area contributed by atoms with Crippen LogP contribution in [0.2, 0.25) is 0 Å². The second kappa shape index (κ2) is 18.4. The second-order valence-corrected chi connectivity index (χ2v) is 11.9. The SMILES string of the molecule is CN1CCN(C(=O)[C@H](OCc2ccccc2)[C@@H](OCc2ccccc2)[C@H](OCc2ccccc2)[C@H](O)COCc2ccccc2)CC1. The smallest absolute Gasteiger partial charge is 0.254 e.